The van der Waals surface area contributed by atoms with Crippen molar-refractivity contribution in [3.8, 4) is 0 Å². The van der Waals surface area contributed by atoms with Gasteiger partial charge in [-0.05, 0) is 25.3 Å². The van der Waals surface area contributed by atoms with E-state index < -0.39 is 0 Å². The third-order valence-corrected chi connectivity index (χ3v) is 2.11. The Kier molecular flexibility index (Phi) is 2.69. The van der Waals surface area contributed by atoms with E-state index in [2.05, 4.69) is 32.1 Å². The quantitative estimate of drug-likeness (QED) is 0.650. The van der Waals surface area contributed by atoms with E-state index >= 15 is 0 Å². The lowest BCUT2D eigenvalue weighted by molar-refractivity contribution is 0.477. The maximum absolute atomic E-state index is 4.27. The van der Waals surface area contributed by atoms with E-state index in [1.807, 2.05) is 10.9 Å². The molecule has 0 aromatic carbocycles. The molecule has 0 aliphatic heterocycles. The van der Waals surface area contributed by atoms with Crippen LogP contribution in [0.4, 0.5) is 0 Å². The Morgan fingerprint density at radius 1 is 1.55 bits per heavy atom. The van der Waals surface area contributed by atoms with Crippen LogP contribution >= 0.6 is 0 Å². The van der Waals surface area contributed by atoms with Crippen LogP contribution in [0, 0.1) is 0 Å². The molecule has 1 heterocycles. The van der Waals surface area contributed by atoms with Gasteiger partial charge in [-0.15, -0.1) is 0 Å². The summed E-state index contributed by atoms with van der Waals surface area (Å²) >= 11 is 0. The SMILES string of the molecule is CCc1cnn([C@@H](C)CC)c1. The molecule has 0 saturated heterocycles. The van der Waals surface area contributed by atoms with Crippen molar-refractivity contribution < 1.29 is 0 Å². The van der Waals surface area contributed by atoms with Crippen LogP contribution in [0.3, 0.4) is 0 Å². The standard InChI is InChI=1S/C9H16N2/c1-4-8(3)11-7-9(5-2)6-10-11/h6-8H,4-5H2,1-3H3/t8-/m0/s1. The summed E-state index contributed by atoms with van der Waals surface area (Å²) in [4.78, 5) is 0. The lowest BCUT2D eigenvalue weighted by atomic mass is 10.2. The third kappa shape index (κ3) is 1.82. The van der Waals surface area contributed by atoms with Gasteiger partial charge in [0.15, 0.2) is 0 Å². The lowest BCUT2D eigenvalue weighted by Gasteiger charge is -2.07. The smallest absolute Gasteiger partial charge is 0.0521 e. The van der Waals surface area contributed by atoms with E-state index in [4.69, 9.17) is 0 Å². The summed E-state index contributed by atoms with van der Waals surface area (Å²) in [5, 5.41) is 4.27. The predicted octanol–water partition coefficient (Wildman–Crippen LogP) is 2.42. The number of aromatic nitrogens is 2. The molecular weight excluding hydrogens is 136 g/mol. The number of aryl methyl sites for hydroxylation is 1. The lowest BCUT2D eigenvalue weighted by Crippen LogP contribution is -2.03. The third-order valence-electron chi connectivity index (χ3n) is 2.11. The van der Waals surface area contributed by atoms with Crippen molar-refractivity contribution in [2.24, 2.45) is 0 Å². The Bertz CT molecular complexity index is 215. The van der Waals surface area contributed by atoms with E-state index in [0.29, 0.717) is 6.04 Å². The van der Waals surface area contributed by atoms with Crippen LogP contribution in [0.2, 0.25) is 0 Å². The monoisotopic (exact) mass is 152 g/mol. The van der Waals surface area contributed by atoms with Crippen molar-refractivity contribution in [2.75, 3.05) is 0 Å². The number of rotatable bonds is 3. The molecule has 0 radical (unpaired) electrons. The zero-order chi connectivity index (χ0) is 8.27. The average molecular weight is 152 g/mol. The molecule has 0 amide bonds. The van der Waals surface area contributed by atoms with E-state index in [0.717, 1.165) is 12.8 Å². The summed E-state index contributed by atoms with van der Waals surface area (Å²) < 4.78 is 2.04. The zero-order valence-corrected chi connectivity index (χ0v) is 7.54. The molecule has 62 valence electrons. The first-order chi connectivity index (χ1) is 5.27. The fourth-order valence-electron chi connectivity index (χ4n) is 0.988. The van der Waals surface area contributed by atoms with E-state index in [1.165, 1.54) is 5.56 Å². The van der Waals surface area contributed by atoms with Crippen molar-refractivity contribution in [1.82, 2.24) is 9.78 Å². The predicted molar refractivity (Wildman–Crippen MR) is 46.6 cm³/mol. The Morgan fingerprint density at radius 3 is 2.73 bits per heavy atom. The van der Waals surface area contributed by atoms with Gasteiger partial charge in [-0.3, -0.25) is 4.68 Å². The van der Waals surface area contributed by atoms with Crippen molar-refractivity contribution in [1.29, 1.82) is 0 Å². The summed E-state index contributed by atoms with van der Waals surface area (Å²) in [5.74, 6) is 0. The summed E-state index contributed by atoms with van der Waals surface area (Å²) in [6, 6.07) is 0.537. The average Bonchev–Trinajstić information content (AvgIpc) is 2.50. The Balaban J connectivity index is 2.71. The normalized spacial score (nSPS) is 13.4. The zero-order valence-electron chi connectivity index (χ0n) is 7.54. The van der Waals surface area contributed by atoms with Gasteiger partial charge < -0.3 is 0 Å². The van der Waals surface area contributed by atoms with Crippen molar-refractivity contribution >= 4 is 0 Å². The molecule has 11 heavy (non-hydrogen) atoms. The van der Waals surface area contributed by atoms with E-state index in [-0.39, 0.29) is 0 Å². The summed E-state index contributed by atoms with van der Waals surface area (Å²) in [7, 11) is 0. The molecule has 1 aromatic heterocycles. The van der Waals surface area contributed by atoms with Crippen molar-refractivity contribution in [3.63, 3.8) is 0 Å². The molecule has 0 bridgehead atoms. The van der Waals surface area contributed by atoms with Crippen LogP contribution in [0.25, 0.3) is 0 Å². The highest BCUT2D eigenvalue weighted by Crippen LogP contribution is 2.09. The molecule has 0 unspecified atom stereocenters. The first-order valence-electron chi connectivity index (χ1n) is 4.31. The second-order valence-corrected chi connectivity index (χ2v) is 2.94. The Hall–Kier alpha value is -0.790. The summed E-state index contributed by atoms with van der Waals surface area (Å²) in [6.07, 6.45) is 6.31. The van der Waals surface area contributed by atoms with Gasteiger partial charge in [0.1, 0.15) is 0 Å². The summed E-state index contributed by atoms with van der Waals surface area (Å²) in [6.45, 7) is 6.52. The Labute approximate surface area is 68.2 Å². The molecule has 0 aliphatic rings. The minimum atomic E-state index is 0.537. The topological polar surface area (TPSA) is 17.8 Å². The molecule has 2 heteroatoms. The van der Waals surface area contributed by atoms with Gasteiger partial charge in [0.2, 0.25) is 0 Å². The first kappa shape index (κ1) is 8.31. The van der Waals surface area contributed by atoms with Gasteiger partial charge in [-0.25, -0.2) is 0 Å². The minimum Gasteiger partial charge on any atom is -0.270 e. The highest BCUT2D eigenvalue weighted by atomic mass is 15.3. The van der Waals surface area contributed by atoms with E-state index in [9.17, 15) is 0 Å². The fraction of sp³-hybridized carbons (Fsp3) is 0.667. The maximum Gasteiger partial charge on any atom is 0.0521 e. The molecule has 1 rings (SSSR count). The van der Waals surface area contributed by atoms with Gasteiger partial charge in [0.25, 0.3) is 0 Å². The molecule has 0 saturated carbocycles. The van der Waals surface area contributed by atoms with Gasteiger partial charge in [-0.1, -0.05) is 13.8 Å². The van der Waals surface area contributed by atoms with Crippen LogP contribution < -0.4 is 0 Å². The second-order valence-electron chi connectivity index (χ2n) is 2.94. The van der Waals surface area contributed by atoms with Crippen LogP contribution in [-0.4, -0.2) is 9.78 Å². The van der Waals surface area contributed by atoms with Gasteiger partial charge in [-0.2, -0.15) is 5.10 Å². The van der Waals surface area contributed by atoms with E-state index in [1.54, 1.807) is 0 Å². The summed E-state index contributed by atoms with van der Waals surface area (Å²) in [5.41, 5.74) is 1.32. The molecule has 0 aliphatic carbocycles. The van der Waals surface area contributed by atoms with Gasteiger partial charge >= 0.3 is 0 Å². The fourth-order valence-corrected chi connectivity index (χ4v) is 0.988. The molecule has 0 N–H and O–H groups in total. The number of hydrogen-bond donors (Lipinski definition) is 0. The van der Waals surface area contributed by atoms with Crippen molar-refractivity contribution in [3.05, 3.63) is 18.0 Å². The first-order valence-corrected chi connectivity index (χ1v) is 4.31. The molecule has 1 atom stereocenters. The van der Waals surface area contributed by atoms with Crippen molar-refractivity contribution in [2.45, 2.75) is 39.7 Å². The van der Waals surface area contributed by atoms with Crippen LogP contribution in [-0.2, 0) is 6.42 Å². The van der Waals surface area contributed by atoms with Crippen LogP contribution in [0.15, 0.2) is 12.4 Å². The molecule has 0 fully saturated rings. The number of nitrogens with zero attached hydrogens (tertiary/aromatic N) is 2. The molecule has 1 aromatic rings. The molecular formula is C9H16N2. The molecule has 2 nitrogen and oxygen atoms in total. The number of hydrogen-bond acceptors (Lipinski definition) is 1. The highest BCUT2D eigenvalue weighted by molar-refractivity contribution is 5.03. The second kappa shape index (κ2) is 3.56. The largest absolute Gasteiger partial charge is 0.270 e. The Morgan fingerprint density at radius 2 is 2.27 bits per heavy atom. The minimum absolute atomic E-state index is 0.537. The highest BCUT2D eigenvalue weighted by Gasteiger charge is 2.01. The van der Waals surface area contributed by atoms with Gasteiger partial charge in [0, 0.05) is 12.2 Å². The van der Waals surface area contributed by atoms with Crippen LogP contribution in [0.5, 0.6) is 0 Å². The maximum atomic E-state index is 4.27. The van der Waals surface area contributed by atoms with Gasteiger partial charge in [0.05, 0.1) is 6.20 Å². The van der Waals surface area contributed by atoms with Crippen LogP contribution in [0.1, 0.15) is 38.8 Å². The molecule has 0 spiro atoms.